The minimum absolute atomic E-state index is 0.118. The van der Waals surface area contributed by atoms with Crippen molar-refractivity contribution in [1.82, 2.24) is 15.6 Å². The van der Waals surface area contributed by atoms with Gasteiger partial charge >= 0.3 is 5.97 Å². The van der Waals surface area contributed by atoms with E-state index in [0.717, 1.165) is 5.69 Å². The molecule has 0 unspecified atom stereocenters. The lowest BCUT2D eigenvalue weighted by Crippen LogP contribution is -2.18. The van der Waals surface area contributed by atoms with Gasteiger partial charge in [0.2, 0.25) is 6.79 Å². The van der Waals surface area contributed by atoms with Crippen LogP contribution in [0.3, 0.4) is 0 Å². The third kappa shape index (κ3) is 4.47. The molecule has 1 aliphatic heterocycles. The Morgan fingerprint density at radius 3 is 2.74 bits per heavy atom. The summed E-state index contributed by atoms with van der Waals surface area (Å²) in [7, 11) is 1.45. The van der Waals surface area contributed by atoms with Crippen LogP contribution in [-0.4, -0.2) is 42.2 Å². The van der Waals surface area contributed by atoms with Gasteiger partial charge in [0.15, 0.2) is 28.7 Å². The van der Waals surface area contributed by atoms with Crippen molar-refractivity contribution >= 4 is 18.1 Å². The van der Waals surface area contributed by atoms with Crippen LogP contribution in [0.25, 0.3) is 0 Å². The number of hydrogen-bond donors (Lipinski definition) is 2. The van der Waals surface area contributed by atoms with Gasteiger partial charge in [0.25, 0.3) is 5.91 Å². The molecule has 2 heterocycles. The van der Waals surface area contributed by atoms with Gasteiger partial charge in [-0.15, -0.1) is 0 Å². The number of hydrogen-bond acceptors (Lipinski definition) is 8. The summed E-state index contributed by atoms with van der Waals surface area (Å²) in [5.74, 6) is 0.611. The molecule has 0 fully saturated rings. The number of rotatable bonds is 6. The number of esters is 1. The summed E-state index contributed by atoms with van der Waals surface area (Å²) in [6.07, 6.45) is 1.43. The highest BCUT2D eigenvalue weighted by Gasteiger charge is 2.18. The van der Waals surface area contributed by atoms with Crippen molar-refractivity contribution in [1.29, 1.82) is 0 Å². The molecule has 0 saturated carbocycles. The van der Waals surface area contributed by atoms with Crippen molar-refractivity contribution < 1.29 is 28.5 Å². The smallest absolute Gasteiger partial charge is 0.343 e. The number of aryl methyl sites for hydroxylation is 1. The van der Waals surface area contributed by atoms with Crippen molar-refractivity contribution in [2.75, 3.05) is 13.9 Å². The van der Waals surface area contributed by atoms with Crippen molar-refractivity contribution in [2.45, 2.75) is 6.92 Å². The number of carbonyl (C=O) groups excluding carboxylic acids is 2. The lowest BCUT2D eigenvalue weighted by atomic mass is 10.2. The molecular weight excluding hydrogens is 404 g/mol. The molecule has 1 aromatic heterocycles. The van der Waals surface area contributed by atoms with Gasteiger partial charge in [-0.1, -0.05) is 0 Å². The van der Waals surface area contributed by atoms with Crippen molar-refractivity contribution in [3.63, 3.8) is 0 Å². The summed E-state index contributed by atoms with van der Waals surface area (Å²) < 4.78 is 21.3. The predicted octanol–water partition coefficient (Wildman–Crippen LogP) is 2.44. The van der Waals surface area contributed by atoms with Crippen LogP contribution in [-0.2, 0) is 0 Å². The standard InChI is InChI=1S/C21H18N4O6/c1-12-7-15(24-23-12)20(26)25-22-10-13-3-5-17(18(8-13)28-2)31-21(27)14-4-6-16-19(9-14)30-11-29-16/h3-10H,11H2,1-2H3,(H,23,24)(H,25,26)/b22-10-. The first kappa shape index (κ1) is 20.0. The number of aromatic amines is 1. The average molecular weight is 422 g/mol. The molecule has 10 nitrogen and oxygen atoms in total. The highest BCUT2D eigenvalue weighted by Crippen LogP contribution is 2.33. The van der Waals surface area contributed by atoms with Gasteiger partial charge < -0.3 is 18.9 Å². The Bertz CT molecular complexity index is 1170. The lowest BCUT2D eigenvalue weighted by molar-refractivity contribution is 0.0729. The van der Waals surface area contributed by atoms with Crippen molar-refractivity contribution in [3.8, 4) is 23.0 Å². The maximum atomic E-state index is 12.5. The van der Waals surface area contributed by atoms with Gasteiger partial charge in [0.05, 0.1) is 18.9 Å². The van der Waals surface area contributed by atoms with Gasteiger partial charge in [0, 0.05) is 5.69 Å². The van der Waals surface area contributed by atoms with Gasteiger partial charge in [-0.3, -0.25) is 9.89 Å². The SMILES string of the molecule is COc1cc(/C=N\NC(=O)c2cc(C)[nH]n2)ccc1OC(=O)c1ccc2c(c1)OCO2. The van der Waals surface area contributed by atoms with E-state index in [9.17, 15) is 9.59 Å². The molecule has 1 aliphatic rings. The summed E-state index contributed by atoms with van der Waals surface area (Å²) in [5.41, 5.74) is 4.33. The van der Waals surface area contributed by atoms with Crippen LogP contribution < -0.4 is 24.4 Å². The predicted molar refractivity (Wildman–Crippen MR) is 109 cm³/mol. The summed E-state index contributed by atoms with van der Waals surface area (Å²) in [6, 6.07) is 11.3. The monoisotopic (exact) mass is 422 g/mol. The molecule has 2 aromatic carbocycles. The molecular formula is C21H18N4O6. The molecule has 1 amide bonds. The molecule has 0 saturated heterocycles. The maximum absolute atomic E-state index is 12.5. The summed E-state index contributed by atoms with van der Waals surface area (Å²) in [5, 5.41) is 10.4. The number of hydrazone groups is 1. The minimum atomic E-state index is -0.570. The van der Waals surface area contributed by atoms with Crippen LogP contribution in [0.1, 0.15) is 32.1 Å². The van der Waals surface area contributed by atoms with E-state index < -0.39 is 11.9 Å². The number of aromatic nitrogens is 2. The van der Waals surface area contributed by atoms with Crippen LogP contribution >= 0.6 is 0 Å². The summed E-state index contributed by atoms with van der Waals surface area (Å²) in [6.45, 7) is 1.91. The van der Waals surface area contributed by atoms with E-state index >= 15 is 0 Å². The number of nitrogens with zero attached hydrogens (tertiary/aromatic N) is 2. The molecule has 2 N–H and O–H groups in total. The first-order valence-electron chi connectivity index (χ1n) is 9.19. The Morgan fingerprint density at radius 1 is 1.13 bits per heavy atom. The fourth-order valence-corrected chi connectivity index (χ4v) is 2.79. The molecule has 31 heavy (non-hydrogen) atoms. The Labute approximate surface area is 176 Å². The largest absolute Gasteiger partial charge is 0.493 e. The highest BCUT2D eigenvalue weighted by atomic mass is 16.7. The molecule has 0 aliphatic carbocycles. The van der Waals surface area contributed by atoms with E-state index in [2.05, 4.69) is 20.7 Å². The van der Waals surface area contributed by atoms with Crippen molar-refractivity contribution in [2.24, 2.45) is 5.10 Å². The molecule has 0 spiro atoms. The lowest BCUT2D eigenvalue weighted by Gasteiger charge is -2.10. The van der Waals surface area contributed by atoms with E-state index in [1.165, 1.54) is 13.3 Å². The highest BCUT2D eigenvalue weighted by molar-refractivity contribution is 5.94. The second-order valence-corrected chi connectivity index (χ2v) is 6.50. The van der Waals surface area contributed by atoms with Crippen LogP contribution in [0.2, 0.25) is 0 Å². The maximum Gasteiger partial charge on any atom is 0.343 e. The number of methoxy groups -OCH3 is 1. The Balaban J connectivity index is 1.42. The first-order chi connectivity index (χ1) is 15.0. The van der Waals surface area contributed by atoms with E-state index in [-0.39, 0.29) is 18.2 Å². The zero-order chi connectivity index (χ0) is 21.8. The van der Waals surface area contributed by atoms with Crippen molar-refractivity contribution in [3.05, 3.63) is 65.0 Å². The second-order valence-electron chi connectivity index (χ2n) is 6.50. The van der Waals surface area contributed by atoms with Gasteiger partial charge in [-0.2, -0.15) is 10.2 Å². The molecule has 158 valence electrons. The zero-order valence-corrected chi connectivity index (χ0v) is 16.7. The van der Waals surface area contributed by atoms with E-state index in [1.807, 2.05) is 0 Å². The zero-order valence-electron chi connectivity index (χ0n) is 16.7. The van der Waals surface area contributed by atoms with E-state index in [4.69, 9.17) is 18.9 Å². The number of nitrogens with one attached hydrogen (secondary N) is 2. The molecule has 3 aromatic rings. The van der Waals surface area contributed by atoms with Crippen LogP contribution in [0.15, 0.2) is 47.6 Å². The first-order valence-corrected chi connectivity index (χ1v) is 9.19. The van der Waals surface area contributed by atoms with Crippen LogP contribution in [0.5, 0.6) is 23.0 Å². The van der Waals surface area contributed by atoms with Crippen LogP contribution in [0, 0.1) is 6.92 Å². The Kier molecular flexibility index (Phi) is 5.52. The van der Waals surface area contributed by atoms with E-state index in [0.29, 0.717) is 28.4 Å². The molecule has 0 bridgehead atoms. The normalized spacial score (nSPS) is 12.1. The van der Waals surface area contributed by atoms with Crippen LogP contribution in [0.4, 0.5) is 0 Å². The minimum Gasteiger partial charge on any atom is -0.493 e. The Morgan fingerprint density at radius 2 is 1.97 bits per heavy atom. The molecule has 4 rings (SSSR count). The Hall–Kier alpha value is -4.34. The summed E-state index contributed by atoms with van der Waals surface area (Å²) in [4.78, 5) is 24.4. The molecule has 0 atom stereocenters. The summed E-state index contributed by atoms with van der Waals surface area (Å²) >= 11 is 0. The third-order valence-corrected chi connectivity index (χ3v) is 4.32. The molecule has 10 heteroatoms. The number of fused-ring (bicyclic) bond motifs is 1. The quantitative estimate of drug-likeness (QED) is 0.271. The van der Waals surface area contributed by atoms with Gasteiger partial charge in [0.1, 0.15) is 0 Å². The number of carbonyl (C=O) groups is 2. The fraction of sp³-hybridized carbons (Fsp3) is 0.143. The average Bonchev–Trinajstić information content (AvgIpc) is 3.42. The number of benzene rings is 2. The molecule has 0 radical (unpaired) electrons. The number of H-pyrrole nitrogens is 1. The topological polar surface area (TPSA) is 124 Å². The van der Waals surface area contributed by atoms with Gasteiger partial charge in [-0.25, -0.2) is 10.2 Å². The van der Waals surface area contributed by atoms with Gasteiger partial charge in [-0.05, 0) is 55.0 Å². The van der Waals surface area contributed by atoms with E-state index in [1.54, 1.807) is 49.4 Å². The number of ether oxygens (including phenoxy) is 4. The third-order valence-electron chi connectivity index (χ3n) is 4.32. The number of amides is 1. The fourth-order valence-electron chi connectivity index (χ4n) is 2.79. The second kappa shape index (κ2) is 8.57.